The lowest BCUT2D eigenvalue weighted by molar-refractivity contribution is -0.137. The first kappa shape index (κ1) is 25.0. The Labute approximate surface area is 192 Å². The lowest BCUT2D eigenvalue weighted by Crippen LogP contribution is -2.27. The molecule has 0 saturated carbocycles. The first-order chi connectivity index (χ1) is 15.6. The van der Waals surface area contributed by atoms with Gasteiger partial charge in [0.05, 0.1) is 22.0 Å². The third-order valence-corrected chi connectivity index (χ3v) is 7.60. The number of unbranched alkanes of at least 4 members (excludes halogenated alkanes) is 1. The zero-order chi connectivity index (χ0) is 24.2. The molecule has 2 aromatic carbocycles. The number of hydrogen-bond acceptors (Lipinski definition) is 4. The van der Waals surface area contributed by atoms with Gasteiger partial charge in [0.25, 0.3) is 0 Å². The van der Waals surface area contributed by atoms with Crippen molar-refractivity contribution in [3.63, 3.8) is 0 Å². The van der Waals surface area contributed by atoms with E-state index >= 15 is 0 Å². The van der Waals surface area contributed by atoms with Crippen LogP contribution < -0.4 is 0 Å². The maximum atomic E-state index is 13.0. The van der Waals surface area contributed by atoms with Crippen LogP contribution in [0.2, 0.25) is 0 Å². The lowest BCUT2D eigenvalue weighted by atomic mass is 9.96. The summed E-state index contributed by atoms with van der Waals surface area (Å²) in [7, 11) is -3.74. The molecule has 0 unspecified atom stereocenters. The van der Waals surface area contributed by atoms with Crippen molar-refractivity contribution in [2.45, 2.75) is 37.8 Å². The third kappa shape index (κ3) is 5.49. The SMILES string of the molecule is CCN(CCO)CCCC#Cc1ccc2c(c1)S(=O)(=O)C(C)=C2c1ccc(C(F)(F)F)cc1. The normalized spacial score (nSPS) is 14.9. The Hall–Kier alpha value is -2.60. The van der Waals surface area contributed by atoms with E-state index in [1.807, 2.05) is 6.92 Å². The Bertz CT molecular complexity index is 1200. The predicted octanol–water partition coefficient (Wildman–Crippen LogP) is 4.72. The number of aliphatic hydroxyl groups excluding tert-OH is 1. The Balaban J connectivity index is 1.81. The molecule has 1 aliphatic heterocycles. The van der Waals surface area contributed by atoms with Gasteiger partial charge in [-0.05, 0) is 56.3 Å². The smallest absolute Gasteiger partial charge is 0.395 e. The second-order valence-electron chi connectivity index (χ2n) is 7.78. The maximum absolute atomic E-state index is 13.0. The van der Waals surface area contributed by atoms with Gasteiger partial charge in [-0.1, -0.05) is 37.0 Å². The average Bonchev–Trinajstić information content (AvgIpc) is 2.97. The molecule has 33 heavy (non-hydrogen) atoms. The molecule has 1 heterocycles. The quantitative estimate of drug-likeness (QED) is 0.463. The van der Waals surface area contributed by atoms with Gasteiger partial charge in [0.1, 0.15) is 0 Å². The number of benzene rings is 2. The van der Waals surface area contributed by atoms with Crippen molar-refractivity contribution in [3.8, 4) is 11.8 Å². The summed E-state index contributed by atoms with van der Waals surface area (Å²) in [5.74, 6) is 6.07. The average molecular weight is 478 g/mol. The van der Waals surface area contributed by atoms with Gasteiger partial charge >= 0.3 is 6.18 Å². The van der Waals surface area contributed by atoms with Crippen molar-refractivity contribution < 1.29 is 26.7 Å². The largest absolute Gasteiger partial charge is 0.416 e. The van der Waals surface area contributed by atoms with Gasteiger partial charge < -0.3 is 10.0 Å². The fourth-order valence-corrected chi connectivity index (χ4v) is 5.40. The molecule has 1 aliphatic rings. The van der Waals surface area contributed by atoms with Gasteiger partial charge in [0, 0.05) is 29.7 Å². The number of likely N-dealkylation sites (N-methyl/N-ethyl adjacent to an activating group) is 1. The maximum Gasteiger partial charge on any atom is 0.416 e. The second-order valence-corrected chi connectivity index (χ2v) is 9.84. The minimum Gasteiger partial charge on any atom is -0.395 e. The molecule has 176 valence electrons. The van der Waals surface area contributed by atoms with Crippen LogP contribution in [0.25, 0.3) is 5.57 Å². The summed E-state index contributed by atoms with van der Waals surface area (Å²) in [6, 6.07) is 9.45. The Morgan fingerprint density at radius 3 is 2.36 bits per heavy atom. The van der Waals surface area contributed by atoms with Crippen LogP contribution in [0.4, 0.5) is 13.2 Å². The lowest BCUT2D eigenvalue weighted by Gasteiger charge is -2.17. The van der Waals surface area contributed by atoms with Crippen LogP contribution >= 0.6 is 0 Å². The number of nitrogens with zero attached hydrogens (tertiary/aromatic N) is 1. The van der Waals surface area contributed by atoms with E-state index in [-0.39, 0.29) is 16.4 Å². The molecule has 2 aromatic rings. The van der Waals surface area contributed by atoms with Crippen LogP contribution in [-0.4, -0.2) is 44.7 Å². The molecule has 8 heteroatoms. The number of allylic oxidation sites excluding steroid dienone is 1. The molecular weight excluding hydrogens is 451 g/mol. The van der Waals surface area contributed by atoms with Crippen LogP contribution in [0.15, 0.2) is 52.3 Å². The van der Waals surface area contributed by atoms with E-state index in [9.17, 15) is 21.6 Å². The molecule has 0 aliphatic carbocycles. The van der Waals surface area contributed by atoms with E-state index in [2.05, 4.69) is 16.7 Å². The molecule has 0 aromatic heterocycles. The molecule has 0 fully saturated rings. The van der Waals surface area contributed by atoms with E-state index in [0.29, 0.717) is 35.2 Å². The molecule has 0 radical (unpaired) electrons. The summed E-state index contributed by atoms with van der Waals surface area (Å²) in [4.78, 5) is 2.37. The zero-order valence-electron chi connectivity index (χ0n) is 18.5. The monoisotopic (exact) mass is 477 g/mol. The van der Waals surface area contributed by atoms with Crippen LogP contribution in [0.3, 0.4) is 0 Å². The summed E-state index contributed by atoms with van der Waals surface area (Å²) in [6.45, 7) is 5.92. The molecule has 4 nitrogen and oxygen atoms in total. The van der Waals surface area contributed by atoms with Crippen LogP contribution in [0.5, 0.6) is 0 Å². The summed E-state index contributed by atoms with van der Waals surface area (Å²) < 4.78 is 64.6. The summed E-state index contributed by atoms with van der Waals surface area (Å²) in [6.07, 6.45) is -2.98. The number of aliphatic hydroxyl groups is 1. The summed E-state index contributed by atoms with van der Waals surface area (Å²) in [5, 5.41) is 9.03. The van der Waals surface area contributed by atoms with Crippen molar-refractivity contribution >= 4 is 15.4 Å². The van der Waals surface area contributed by atoms with E-state index < -0.39 is 21.6 Å². The highest BCUT2D eigenvalue weighted by Gasteiger charge is 2.34. The van der Waals surface area contributed by atoms with Crippen LogP contribution in [0.1, 0.15) is 48.9 Å². The molecule has 0 amide bonds. The molecule has 0 spiro atoms. The standard InChI is InChI=1S/C25H26F3NO3S/c1-3-29(15-16-30)14-6-4-5-7-19-8-13-22-23(17-19)33(31,32)18(2)24(22)20-9-11-21(12-10-20)25(26,27)28/h8-13,17,30H,3-4,6,14-16H2,1-2H3. The Kier molecular flexibility index (Phi) is 7.68. The summed E-state index contributed by atoms with van der Waals surface area (Å²) in [5.41, 5.74) is 1.10. The number of hydrogen-bond donors (Lipinski definition) is 1. The number of sulfone groups is 1. The van der Waals surface area contributed by atoms with Crippen molar-refractivity contribution in [2.75, 3.05) is 26.2 Å². The predicted molar refractivity (Wildman–Crippen MR) is 122 cm³/mol. The third-order valence-electron chi connectivity index (χ3n) is 5.67. The fraction of sp³-hybridized carbons (Fsp3) is 0.360. The minimum absolute atomic E-state index is 0.116. The first-order valence-electron chi connectivity index (χ1n) is 10.7. The number of rotatable bonds is 7. The van der Waals surface area contributed by atoms with Crippen molar-refractivity contribution in [2.24, 2.45) is 0 Å². The Morgan fingerprint density at radius 1 is 1.06 bits per heavy atom. The Morgan fingerprint density at radius 2 is 1.76 bits per heavy atom. The van der Waals surface area contributed by atoms with Crippen molar-refractivity contribution in [3.05, 3.63) is 69.6 Å². The molecule has 0 atom stereocenters. The van der Waals surface area contributed by atoms with E-state index in [1.165, 1.54) is 25.1 Å². The van der Waals surface area contributed by atoms with Crippen molar-refractivity contribution in [1.29, 1.82) is 0 Å². The fourth-order valence-electron chi connectivity index (χ4n) is 3.83. The first-order valence-corrected chi connectivity index (χ1v) is 12.2. The number of fused-ring (bicyclic) bond motifs is 1. The molecule has 1 N–H and O–H groups in total. The second kappa shape index (κ2) is 10.1. The topological polar surface area (TPSA) is 57.6 Å². The van der Waals surface area contributed by atoms with Gasteiger partial charge in [-0.15, -0.1) is 0 Å². The van der Waals surface area contributed by atoms with Crippen molar-refractivity contribution in [1.82, 2.24) is 4.90 Å². The van der Waals surface area contributed by atoms with Gasteiger partial charge in [0.15, 0.2) is 0 Å². The zero-order valence-corrected chi connectivity index (χ0v) is 19.4. The van der Waals surface area contributed by atoms with Gasteiger partial charge in [-0.2, -0.15) is 13.2 Å². The number of alkyl halides is 3. The van der Waals surface area contributed by atoms with Crippen LogP contribution in [-0.2, 0) is 16.0 Å². The number of halogens is 3. The molecule has 3 rings (SSSR count). The highest BCUT2D eigenvalue weighted by Crippen LogP contribution is 2.43. The van der Waals surface area contributed by atoms with E-state index in [4.69, 9.17) is 5.11 Å². The molecular formula is C25H26F3NO3S. The highest BCUT2D eigenvalue weighted by atomic mass is 32.2. The van der Waals surface area contributed by atoms with Gasteiger partial charge in [0.2, 0.25) is 9.84 Å². The van der Waals surface area contributed by atoms with Crippen LogP contribution in [0, 0.1) is 11.8 Å². The molecule has 0 saturated heterocycles. The van der Waals surface area contributed by atoms with E-state index in [1.54, 1.807) is 12.1 Å². The van der Waals surface area contributed by atoms with Gasteiger partial charge in [-0.3, -0.25) is 0 Å². The highest BCUT2D eigenvalue weighted by molar-refractivity contribution is 7.95. The minimum atomic E-state index is -4.46. The van der Waals surface area contributed by atoms with Gasteiger partial charge in [-0.25, -0.2) is 8.42 Å². The molecule has 0 bridgehead atoms. The van der Waals surface area contributed by atoms with E-state index in [0.717, 1.165) is 31.6 Å². The summed E-state index contributed by atoms with van der Waals surface area (Å²) >= 11 is 0.